The van der Waals surface area contributed by atoms with Crippen LogP contribution in [0.4, 0.5) is 0 Å². The van der Waals surface area contributed by atoms with Crippen molar-refractivity contribution in [1.29, 1.82) is 0 Å². The van der Waals surface area contributed by atoms with Crippen molar-refractivity contribution in [2.24, 2.45) is 0 Å². The zero-order chi connectivity index (χ0) is 13.7. The molecule has 2 nitrogen and oxygen atoms in total. The van der Waals surface area contributed by atoms with Crippen molar-refractivity contribution in [1.82, 2.24) is 10.3 Å². The molecule has 19 heavy (non-hydrogen) atoms. The number of aryl methyl sites for hydroxylation is 1. The number of benzene rings is 1. The molecule has 1 atom stereocenters. The highest BCUT2D eigenvalue weighted by Crippen LogP contribution is 2.25. The number of pyridine rings is 1. The molecule has 1 aromatic carbocycles. The van der Waals surface area contributed by atoms with E-state index in [0.29, 0.717) is 6.04 Å². The van der Waals surface area contributed by atoms with Crippen molar-refractivity contribution in [3.8, 4) is 11.1 Å². The molecule has 0 saturated carbocycles. The van der Waals surface area contributed by atoms with Gasteiger partial charge in [0.05, 0.1) is 0 Å². The molecule has 0 amide bonds. The van der Waals surface area contributed by atoms with E-state index in [1.54, 1.807) is 0 Å². The molecule has 0 bridgehead atoms. The van der Waals surface area contributed by atoms with Gasteiger partial charge in [0.15, 0.2) is 0 Å². The average Bonchev–Trinajstić information content (AvgIpc) is 2.45. The Labute approximate surface area is 115 Å². The van der Waals surface area contributed by atoms with Crippen LogP contribution in [0.2, 0.25) is 0 Å². The fourth-order valence-corrected chi connectivity index (χ4v) is 2.25. The topological polar surface area (TPSA) is 24.9 Å². The normalized spacial score (nSPS) is 12.4. The highest BCUT2D eigenvalue weighted by molar-refractivity contribution is 5.67. The Hall–Kier alpha value is -1.67. The van der Waals surface area contributed by atoms with E-state index in [4.69, 9.17) is 0 Å². The summed E-state index contributed by atoms with van der Waals surface area (Å²) >= 11 is 0. The minimum absolute atomic E-state index is 0.391. The molecule has 0 saturated heterocycles. The van der Waals surface area contributed by atoms with Gasteiger partial charge in [-0.2, -0.15) is 0 Å². The average molecular weight is 254 g/mol. The molecular weight excluding hydrogens is 232 g/mol. The third kappa shape index (κ3) is 3.42. The summed E-state index contributed by atoms with van der Waals surface area (Å²) in [5.41, 5.74) is 5.08. The first kappa shape index (κ1) is 13.8. The van der Waals surface area contributed by atoms with E-state index < -0.39 is 0 Å². The van der Waals surface area contributed by atoms with Crippen LogP contribution in [-0.2, 0) is 0 Å². The van der Waals surface area contributed by atoms with Crippen LogP contribution in [0.15, 0.2) is 42.7 Å². The SMILES string of the molecule is CCCNC(C)c1cccc(-c2ccncc2C)c1. The summed E-state index contributed by atoms with van der Waals surface area (Å²) in [5.74, 6) is 0. The quantitative estimate of drug-likeness (QED) is 0.868. The molecule has 0 aliphatic carbocycles. The molecule has 0 radical (unpaired) electrons. The van der Waals surface area contributed by atoms with Crippen molar-refractivity contribution in [2.45, 2.75) is 33.2 Å². The maximum Gasteiger partial charge on any atom is 0.0303 e. The van der Waals surface area contributed by atoms with E-state index in [1.165, 1.54) is 22.3 Å². The first-order chi connectivity index (χ1) is 9.22. The number of nitrogens with one attached hydrogen (secondary N) is 1. The van der Waals surface area contributed by atoms with E-state index >= 15 is 0 Å². The molecule has 0 fully saturated rings. The Morgan fingerprint density at radius 3 is 2.84 bits per heavy atom. The molecule has 0 aliphatic heterocycles. The molecule has 1 aromatic heterocycles. The van der Waals surface area contributed by atoms with Gasteiger partial charge in [0.1, 0.15) is 0 Å². The van der Waals surface area contributed by atoms with Gasteiger partial charge < -0.3 is 5.32 Å². The van der Waals surface area contributed by atoms with Gasteiger partial charge in [-0.3, -0.25) is 4.98 Å². The first-order valence-corrected chi connectivity index (χ1v) is 6.96. The number of hydrogen-bond acceptors (Lipinski definition) is 2. The third-order valence-corrected chi connectivity index (χ3v) is 3.42. The second kappa shape index (κ2) is 6.48. The van der Waals surface area contributed by atoms with Crippen molar-refractivity contribution >= 4 is 0 Å². The first-order valence-electron chi connectivity index (χ1n) is 6.96. The third-order valence-electron chi connectivity index (χ3n) is 3.42. The largest absolute Gasteiger partial charge is 0.310 e. The monoisotopic (exact) mass is 254 g/mol. The van der Waals surface area contributed by atoms with E-state index in [2.05, 4.69) is 61.4 Å². The van der Waals surface area contributed by atoms with Gasteiger partial charge in [0, 0.05) is 18.4 Å². The van der Waals surface area contributed by atoms with Crippen LogP contribution in [-0.4, -0.2) is 11.5 Å². The van der Waals surface area contributed by atoms with Crippen LogP contribution in [0.3, 0.4) is 0 Å². The Bertz CT molecular complexity index is 534. The molecule has 100 valence electrons. The van der Waals surface area contributed by atoms with Gasteiger partial charge in [-0.15, -0.1) is 0 Å². The number of hydrogen-bond donors (Lipinski definition) is 1. The zero-order valence-electron chi connectivity index (χ0n) is 12.0. The minimum Gasteiger partial charge on any atom is -0.310 e. The molecule has 2 aromatic rings. The number of aromatic nitrogens is 1. The summed E-state index contributed by atoms with van der Waals surface area (Å²) in [5, 5.41) is 3.53. The van der Waals surface area contributed by atoms with Crippen molar-refractivity contribution in [2.75, 3.05) is 6.54 Å². The predicted molar refractivity (Wildman–Crippen MR) is 81.1 cm³/mol. The highest BCUT2D eigenvalue weighted by atomic mass is 14.9. The van der Waals surface area contributed by atoms with Crippen LogP contribution in [0.1, 0.15) is 37.4 Å². The summed E-state index contributed by atoms with van der Waals surface area (Å²) in [7, 11) is 0. The smallest absolute Gasteiger partial charge is 0.0303 e. The second-order valence-electron chi connectivity index (χ2n) is 4.99. The molecular formula is C17H22N2. The lowest BCUT2D eigenvalue weighted by atomic mass is 9.98. The van der Waals surface area contributed by atoms with Gasteiger partial charge in [0.25, 0.3) is 0 Å². The highest BCUT2D eigenvalue weighted by Gasteiger charge is 2.07. The summed E-state index contributed by atoms with van der Waals surface area (Å²) in [6, 6.07) is 11.2. The lowest BCUT2D eigenvalue weighted by Crippen LogP contribution is -2.19. The standard InChI is InChI=1S/C17H22N2/c1-4-9-19-14(3)15-6-5-7-16(11-15)17-8-10-18-12-13(17)2/h5-8,10-12,14,19H,4,9H2,1-3H3. The summed E-state index contributed by atoms with van der Waals surface area (Å²) in [4.78, 5) is 4.16. The summed E-state index contributed by atoms with van der Waals surface area (Å²) in [6.45, 7) is 7.57. The van der Waals surface area contributed by atoms with E-state index in [0.717, 1.165) is 13.0 Å². The maximum absolute atomic E-state index is 4.16. The molecule has 0 aliphatic rings. The van der Waals surface area contributed by atoms with Gasteiger partial charge in [0.2, 0.25) is 0 Å². The lowest BCUT2D eigenvalue weighted by Gasteiger charge is -2.15. The van der Waals surface area contributed by atoms with Crippen LogP contribution in [0.5, 0.6) is 0 Å². The molecule has 1 heterocycles. The number of nitrogens with zero attached hydrogens (tertiary/aromatic N) is 1. The predicted octanol–water partition coefficient (Wildman–Crippen LogP) is 4.12. The van der Waals surface area contributed by atoms with Crippen LogP contribution in [0.25, 0.3) is 11.1 Å². The van der Waals surface area contributed by atoms with E-state index in [1.807, 2.05) is 12.4 Å². The summed E-state index contributed by atoms with van der Waals surface area (Å²) < 4.78 is 0. The van der Waals surface area contributed by atoms with Gasteiger partial charge in [-0.05, 0) is 61.2 Å². The van der Waals surface area contributed by atoms with E-state index in [9.17, 15) is 0 Å². The van der Waals surface area contributed by atoms with Gasteiger partial charge in [-0.1, -0.05) is 25.1 Å². The van der Waals surface area contributed by atoms with Crippen LogP contribution in [0, 0.1) is 6.92 Å². The fourth-order valence-electron chi connectivity index (χ4n) is 2.25. The lowest BCUT2D eigenvalue weighted by molar-refractivity contribution is 0.571. The van der Waals surface area contributed by atoms with Crippen molar-refractivity contribution < 1.29 is 0 Å². The van der Waals surface area contributed by atoms with Gasteiger partial charge in [-0.25, -0.2) is 0 Å². The molecule has 2 rings (SSSR count). The molecule has 2 heteroatoms. The Kier molecular flexibility index (Phi) is 4.69. The van der Waals surface area contributed by atoms with Crippen molar-refractivity contribution in [3.05, 3.63) is 53.9 Å². The van der Waals surface area contributed by atoms with Crippen LogP contribution >= 0.6 is 0 Å². The Morgan fingerprint density at radius 2 is 2.11 bits per heavy atom. The number of rotatable bonds is 5. The van der Waals surface area contributed by atoms with Crippen molar-refractivity contribution in [3.63, 3.8) is 0 Å². The molecule has 1 unspecified atom stereocenters. The minimum atomic E-state index is 0.391. The Morgan fingerprint density at radius 1 is 1.26 bits per heavy atom. The Balaban J connectivity index is 2.27. The fraction of sp³-hybridized carbons (Fsp3) is 0.353. The molecule has 1 N–H and O–H groups in total. The van der Waals surface area contributed by atoms with Crippen LogP contribution < -0.4 is 5.32 Å². The summed E-state index contributed by atoms with van der Waals surface area (Å²) in [6.07, 6.45) is 4.93. The van der Waals surface area contributed by atoms with E-state index in [-0.39, 0.29) is 0 Å². The van der Waals surface area contributed by atoms with Gasteiger partial charge >= 0.3 is 0 Å². The maximum atomic E-state index is 4.16. The molecule has 0 spiro atoms. The zero-order valence-corrected chi connectivity index (χ0v) is 12.0. The second-order valence-corrected chi connectivity index (χ2v) is 4.99.